The molecule has 3 nitrogen and oxygen atoms in total. The van der Waals surface area contributed by atoms with Gasteiger partial charge in [-0.2, -0.15) is 5.26 Å². The highest BCUT2D eigenvalue weighted by atomic mass is 14.9. The number of hydrogen-bond donors (Lipinski definition) is 0. The molecule has 0 saturated heterocycles. The summed E-state index contributed by atoms with van der Waals surface area (Å²) in [6, 6.07) is 9.55. The minimum Gasteiger partial charge on any atom is -0.236 e. The zero-order chi connectivity index (χ0) is 13.2. The minimum atomic E-state index is 0.663. The van der Waals surface area contributed by atoms with Crippen LogP contribution in [-0.4, -0.2) is 9.97 Å². The van der Waals surface area contributed by atoms with Gasteiger partial charge in [0.1, 0.15) is 0 Å². The highest BCUT2D eigenvalue weighted by Gasteiger charge is 2.17. The molecular formula is C16H15N3. The SMILES string of the molecule is CC1CCc2nc(-c3ccc(C#N)cc3)ncc2C1. The van der Waals surface area contributed by atoms with E-state index in [1.807, 2.05) is 18.3 Å². The van der Waals surface area contributed by atoms with E-state index in [4.69, 9.17) is 5.26 Å². The van der Waals surface area contributed by atoms with Crippen molar-refractivity contribution >= 4 is 0 Å². The maximum atomic E-state index is 8.80. The Hall–Kier alpha value is -2.21. The van der Waals surface area contributed by atoms with Gasteiger partial charge in [-0.25, -0.2) is 9.97 Å². The number of hydrogen-bond acceptors (Lipinski definition) is 3. The number of rotatable bonds is 1. The monoisotopic (exact) mass is 249 g/mol. The molecule has 1 unspecified atom stereocenters. The summed E-state index contributed by atoms with van der Waals surface area (Å²) in [6.07, 6.45) is 5.30. The predicted molar refractivity (Wildman–Crippen MR) is 73.4 cm³/mol. The molecule has 0 saturated carbocycles. The van der Waals surface area contributed by atoms with Crippen LogP contribution in [0.3, 0.4) is 0 Å². The molecule has 0 N–H and O–H groups in total. The molecule has 0 bridgehead atoms. The van der Waals surface area contributed by atoms with Crippen LogP contribution in [0.5, 0.6) is 0 Å². The summed E-state index contributed by atoms with van der Waals surface area (Å²) in [5.41, 5.74) is 4.11. The van der Waals surface area contributed by atoms with Crippen molar-refractivity contribution in [3.8, 4) is 17.5 Å². The van der Waals surface area contributed by atoms with E-state index >= 15 is 0 Å². The first-order valence-corrected chi connectivity index (χ1v) is 6.61. The molecule has 1 atom stereocenters. The molecule has 19 heavy (non-hydrogen) atoms. The zero-order valence-corrected chi connectivity index (χ0v) is 10.9. The van der Waals surface area contributed by atoms with E-state index in [1.165, 1.54) is 17.7 Å². The summed E-state index contributed by atoms with van der Waals surface area (Å²) in [6.45, 7) is 2.28. The van der Waals surface area contributed by atoms with Crippen LogP contribution in [0.1, 0.15) is 30.2 Å². The van der Waals surface area contributed by atoms with Gasteiger partial charge < -0.3 is 0 Å². The standard InChI is InChI=1S/C16H15N3/c1-11-2-7-15-14(8-11)10-18-16(19-15)13-5-3-12(9-17)4-6-13/h3-6,10-11H,2,7-8H2,1H3. The van der Waals surface area contributed by atoms with Crippen molar-refractivity contribution in [3.05, 3.63) is 47.3 Å². The third kappa shape index (κ3) is 2.34. The average molecular weight is 249 g/mol. The molecule has 0 aliphatic heterocycles. The molecule has 1 heterocycles. The summed E-state index contributed by atoms with van der Waals surface area (Å²) in [4.78, 5) is 9.14. The van der Waals surface area contributed by atoms with E-state index in [1.54, 1.807) is 12.1 Å². The Morgan fingerprint density at radius 2 is 2.05 bits per heavy atom. The van der Waals surface area contributed by atoms with Crippen molar-refractivity contribution in [2.75, 3.05) is 0 Å². The Morgan fingerprint density at radius 1 is 1.26 bits per heavy atom. The maximum Gasteiger partial charge on any atom is 0.159 e. The lowest BCUT2D eigenvalue weighted by molar-refractivity contribution is 0.492. The Morgan fingerprint density at radius 3 is 2.79 bits per heavy atom. The topological polar surface area (TPSA) is 49.6 Å². The summed E-state index contributed by atoms with van der Waals surface area (Å²) < 4.78 is 0. The first kappa shape index (κ1) is 11.9. The molecule has 3 rings (SSSR count). The fourth-order valence-corrected chi connectivity index (χ4v) is 2.52. The van der Waals surface area contributed by atoms with E-state index < -0.39 is 0 Å². The number of nitrogens with zero attached hydrogens (tertiary/aromatic N) is 3. The molecule has 0 fully saturated rings. The first-order chi connectivity index (χ1) is 9.26. The number of fused-ring (bicyclic) bond motifs is 1. The van der Waals surface area contributed by atoms with Gasteiger partial charge in [0.25, 0.3) is 0 Å². The molecule has 1 aliphatic rings. The van der Waals surface area contributed by atoms with Crippen LogP contribution < -0.4 is 0 Å². The molecule has 2 aromatic rings. The van der Waals surface area contributed by atoms with Gasteiger partial charge in [-0.05, 0) is 55.0 Å². The van der Waals surface area contributed by atoms with Gasteiger partial charge in [0.05, 0.1) is 11.6 Å². The number of benzene rings is 1. The Balaban J connectivity index is 1.95. The number of aryl methyl sites for hydroxylation is 1. The van der Waals surface area contributed by atoms with Crippen molar-refractivity contribution in [3.63, 3.8) is 0 Å². The van der Waals surface area contributed by atoms with Gasteiger partial charge in [0.15, 0.2) is 5.82 Å². The van der Waals surface area contributed by atoms with Gasteiger partial charge in [-0.3, -0.25) is 0 Å². The minimum absolute atomic E-state index is 0.663. The number of aromatic nitrogens is 2. The lowest BCUT2D eigenvalue weighted by Gasteiger charge is -2.20. The molecule has 1 aromatic heterocycles. The van der Waals surface area contributed by atoms with Crippen molar-refractivity contribution in [1.82, 2.24) is 9.97 Å². The van der Waals surface area contributed by atoms with Crippen molar-refractivity contribution in [2.45, 2.75) is 26.2 Å². The summed E-state index contributed by atoms with van der Waals surface area (Å²) in [7, 11) is 0. The first-order valence-electron chi connectivity index (χ1n) is 6.61. The summed E-state index contributed by atoms with van der Waals surface area (Å²) >= 11 is 0. The van der Waals surface area contributed by atoms with E-state index in [9.17, 15) is 0 Å². The zero-order valence-electron chi connectivity index (χ0n) is 10.9. The molecule has 1 aliphatic carbocycles. The molecule has 3 heteroatoms. The van der Waals surface area contributed by atoms with Crippen LogP contribution in [0.4, 0.5) is 0 Å². The van der Waals surface area contributed by atoms with Gasteiger partial charge in [-0.15, -0.1) is 0 Å². The maximum absolute atomic E-state index is 8.80. The van der Waals surface area contributed by atoms with Gasteiger partial charge >= 0.3 is 0 Å². The largest absolute Gasteiger partial charge is 0.236 e. The normalized spacial score (nSPS) is 17.6. The molecule has 0 radical (unpaired) electrons. The second-order valence-electron chi connectivity index (χ2n) is 5.20. The highest BCUT2D eigenvalue weighted by Crippen LogP contribution is 2.25. The van der Waals surface area contributed by atoms with Crippen LogP contribution in [0.2, 0.25) is 0 Å². The Bertz CT molecular complexity index is 638. The van der Waals surface area contributed by atoms with E-state index in [-0.39, 0.29) is 0 Å². The second kappa shape index (κ2) is 4.81. The van der Waals surface area contributed by atoms with E-state index in [0.717, 1.165) is 30.1 Å². The lowest BCUT2D eigenvalue weighted by atomic mass is 9.89. The van der Waals surface area contributed by atoms with Gasteiger partial charge in [0, 0.05) is 17.5 Å². The Kier molecular flexibility index (Phi) is 3.00. The van der Waals surface area contributed by atoms with Crippen LogP contribution in [0, 0.1) is 17.2 Å². The van der Waals surface area contributed by atoms with Gasteiger partial charge in [0.2, 0.25) is 0 Å². The third-order valence-corrected chi connectivity index (χ3v) is 3.67. The fraction of sp³-hybridized carbons (Fsp3) is 0.312. The van der Waals surface area contributed by atoms with E-state index in [2.05, 4.69) is 23.0 Å². The smallest absolute Gasteiger partial charge is 0.159 e. The highest BCUT2D eigenvalue weighted by molar-refractivity contribution is 5.56. The molecule has 1 aromatic carbocycles. The summed E-state index contributed by atoms with van der Waals surface area (Å²) in [5.74, 6) is 1.50. The predicted octanol–water partition coefficient (Wildman–Crippen LogP) is 3.14. The fourth-order valence-electron chi connectivity index (χ4n) is 2.52. The average Bonchev–Trinajstić information content (AvgIpc) is 2.47. The van der Waals surface area contributed by atoms with E-state index in [0.29, 0.717) is 5.56 Å². The lowest BCUT2D eigenvalue weighted by Crippen LogP contribution is -2.14. The molecular weight excluding hydrogens is 234 g/mol. The van der Waals surface area contributed by atoms with Crippen molar-refractivity contribution in [2.24, 2.45) is 5.92 Å². The van der Waals surface area contributed by atoms with Crippen LogP contribution in [0.15, 0.2) is 30.5 Å². The molecule has 0 spiro atoms. The van der Waals surface area contributed by atoms with Crippen molar-refractivity contribution < 1.29 is 0 Å². The van der Waals surface area contributed by atoms with Crippen molar-refractivity contribution in [1.29, 1.82) is 5.26 Å². The molecule has 0 amide bonds. The Labute approximate surface area is 113 Å². The summed E-state index contributed by atoms with van der Waals surface area (Å²) in [5, 5.41) is 8.80. The third-order valence-electron chi connectivity index (χ3n) is 3.67. The van der Waals surface area contributed by atoms with Crippen LogP contribution >= 0.6 is 0 Å². The molecule has 94 valence electrons. The van der Waals surface area contributed by atoms with Crippen LogP contribution in [-0.2, 0) is 12.8 Å². The van der Waals surface area contributed by atoms with Crippen LogP contribution in [0.25, 0.3) is 11.4 Å². The number of nitriles is 1. The second-order valence-corrected chi connectivity index (χ2v) is 5.20. The quantitative estimate of drug-likeness (QED) is 0.780. The van der Waals surface area contributed by atoms with Gasteiger partial charge in [-0.1, -0.05) is 6.92 Å².